The Labute approximate surface area is 128 Å². The molecule has 0 aliphatic carbocycles. The van der Waals surface area contributed by atoms with E-state index < -0.39 is 0 Å². The molecule has 0 bridgehead atoms. The van der Waals surface area contributed by atoms with E-state index in [9.17, 15) is 0 Å². The highest BCUT2D eigenvalue weighted by Crippen LogP contribution is 2.29. The van der Waals surface area contributed by atoms with Crippen molar-refractivity contribution >= 4 is 5.82 Å². The van der Waals surface area contributed by atoms with Gasteiger partial charge in [0.05, 0.1) is 11.2 Å². The Kier molecular flexibility index (Phi) is 4.89. The molecule has 21 heavy (non-hydrogen) atoms. The molecule has 118 valence electrons. The zero-order valence-electron chi connectivity index (χ0n) is 14.1. The smallest absolute Gasteiger partial charge is 0.130 e. The van der Waals surface area contributed by atoms with E-state index in [2.05, 4.69) is 55.9 Å². The Morgan fingerprint density at radius 2 is 1.90 bits per heavy atom. The molecule has 2 heterocycles. The summed E-state index contributed by atoms with van der Waals surface area (Å²) in [5.74, 6) is 1.02. The minimum Gasteiger partial charge on any atom is -0.370 e. The number of morpholine rings is 1. The number of hydrogen-bond donors (Lipinski definition) is 1. The summed E-state index contributed by atoms with van der Waals surface area (Å²) in [7, 11) is 0. The maximum absolute atomic E-state index is 6.15. The van der Waals surface area contributed by atoms with Crippen LogP contribution in [0.1, 0.15) is 46.6 Å². The number of rotatable bonds is 5. The van der Waals surface area contributed by atoms with Crippen molar-refractivity contribution in [2.24, 2.45) is 0 Å². The molecule has 4 heteroatoms. The van der Waals surface area contributed by atoms with Crippen LogP contribution in [0, 0.1) is 0 Å². The largest absolute Gasteiger partial charge is 0.370 e. The molecule has 1 saturated heterocycles. The van der Waals surface area contributed by atoms with Crippen molar-refractivity contribution in [3.05, 3.63) is 23.9 Å². The third-order valence-electron chi connectivity index (χ3n) is 3.59. The summed E-state index contributed by atoms with van der Waals surface area (Å²) < 4.78 is 6.15. The summed E-state index contributed by atoms with van der Waals surface area (Å²) >= 11 is 0. The molecule has 2 rings (SSSR count). The SMILES string of the molecule is CCCNc1ncccc1CN1CC(C)(C)OC(C)(C)C1. The van der Waals surface area contributed by atoms with E-state index in [0.29, 0.717) is 0 Å². The van der Waals surface area contributed by atoms with Crippen molar-refractivity contribution in [3.8, 4) is 0 Å². The summed E-state index contributed by atoms with van der Waals surface area (Å²) in [5.41, 5.74) is 1.04. The lowest BCUT2D eigenvalue weighted by Gasteiger charge is -2.47. The maximum atomic E-state index is 6.15. The average Bonchev–Trinajstić information content (AvgIpc) is 2.34. The number of pyridine rings is 1. The Bertz CT molecular complexity index is 455. The highest BCUT2D eigenvalue weighted by atomic mass is 16.5. The van der Waals surface area contributed by atoms with Crippen LogP contribution in [-0.2, 0) is 11.3 Å². The van der Waals surface area contributed by atoms with Crippen LogP contribution in [0.15, 0.2) is 18.3 Å². The molecule has 4 nitrogen and oxygen atoms in total. The molecular weight excluding hydrogens is 262 g/mol. The molecule has 1 N–H and O–H groups in total. The van der Waals surface area contributed by atoms with Crippen LogP contribution >= 0.6 is 0 Å². The van der Waals surface area contributed by atoms with E-state index in [1.165, 1.54) is 5.56 Å². The van der Waals surface area contributed by atoms with Gasteiger partial charge < -0.3 is 10.1 Å². The van der Waals surface area contributed by atoms with E-state index in [4.69, 9.17) is 4.74 Å². The highest BCUT2D eigenvalue weighted by molar-refractivity contribution is 5.43. The van der Waals surface area contributed by atoms with Crippen LogP contribution in [0.4, 0.5) is 5.82 Å². The van der Waals surface area contributed by atoms with Gasteiger partial charge in [0.25, 0.3) is 0 Å². The Morgan fingerprint density at radius 3 is 2.52 bits per heavy atom. The number of hydrogen-bond acceptors (Lipinski definition) is 4. The zero-order chi connectivity index (χ0) is 15.5. The number of anilines is 1. The summed E-state index contributed by atoms with van der Waals surface area (Å²) in [5, 5.41) is 3.42. The fourth-order valence-corrected chi connectivity index (χ4v) is 3.27. The molecule has 0 spiro atoms. The number of nitrogens with one attached hydrogen (secondary N) is 1. The maximum Gasteiger partial charge on any atom is 0.130 e. The van der Waals surface area contributed by atoms with Gasteiger partial charge >= 0.3 is 0 Å². The predicted molar refractivity (Wildman–Crippen MR) is 87.5 cm³/mol. The Balaban J connectivity index is 2.10. The van der Waals surface area contributed by atoms with Crippen molar-refractivity contribution in [1.82, 2.24) is 9.88 Å². The predicted octanol–water partition coefficient (Wildman–Crippen LogP) is 3.29. The van der Waals surface area contributed by atoms with Crippen LogP contribution in [-0.4, -0.2) is 40.7 Å². The van der Waals surface area contributed by atoms with Crippen molar-refractivity contribution in [2.45, 2.75) is 58.8 Å². The summed E-state index contributed by atoms with van der Waals surface area (Å²) in [6, 6.07) is 4.18. The van der Waals surface area contributed by atoms with E-state index in [1.807, 2.05) is 12.3 Å². The van der Waals surface area contributed by atoms with Crippen LogP contribution in [0.2, 0.25) is 0 Å². The van der Waals surface area contributed by atoms with E-state index in [0.717, 1.165) is 38.4 Å². The van der Waals surface area contributed by atoms with Crippen molar-refractivity contribution < 1.29 is 4.74 Å². The minimum absolute atomic E-state index is 0.110. The summed E-state index contributed by atoms with van der Waals surface area (Å²) in [4.78, 5) is 6.96. The van der Waals surface area contributed by atoms with Crippen molar-refractivity contribution in [1.29, 1.82) is 0 Å². The van der Waals surface area contributed by atoms with Crippen molar-refractivity contribution in [3.63, 3.8) is 0 Å². The van der Waals surface area contributed by atoms with Crippen LogP contribution in [0.25, 0.3) is 0 Å². The molecule has 0 unspecified atom stereocenters. The minimum atomic E-state index is -0.110. The Morgan fingerprint density at radius 1 is 1.24 bits per heavy atom. The molecule has 0 amide bonds. The summed E-state index contributed by atoms with van der Waals surface area (Å²) in [6.07, 6.45) is 2.96. The van der Waals surface area contributed by atoms with E-state index >= 15 is 0 Å². The number of nitrogens with zero attached hydrogens (tertiary/aromatic N) is 2. The second-order valence-electron chi connectivity index (χ2n) is 7.20. The van der Waals surface area contributed by atoms with Gasteiger partial charge in [-0.1, -0.05) is 13.0 Å². The van der Waals surface area contributed by atoms with Gasteiger partial charge in [-0.2, -0.15) is 0 Å². The normalized spacial score (nSPS) is 21.2. The first-order chi connectivity index (χ1) is 9.81. The molecule has 1 fully saturated rings. The first-order valence-electron chi connectivity index (χ1n) is 7.92. The number of aromatic nitrogens is 1. The third-order valence-corrected chi connectivity index (χ3v) is 3.59. The number of ether oxygens (including phenoxy) is 1. The molecule has 0 radical (unpaired) electrons. The van der Waals surface area contributed by atoms with Gasteiger partial charge in [0, 0.05) is 37.9 Å². The zero-order valence-corrected chi connectivity index (χ0v) is 14.1. The average molecular weight is 291 g/mol. The van der Waals surface area contributed by atoms with Crippen molar-refractivity contribution in [2.75, 3.05) is 25.0 Å². The molecule has 1 aliphatic heterocycles. The first kappa shape index (κ1) is 16.2. The van der Waals surface area contributed by atoms with Crippen LogP contribution < -0.4 is 5.32 Å². The standard InChI is InChI=1S/C17H29N3O/c1-6-9-18-15-14(8-7-10-19-15)11-20-12-16(2,3)21-17(4,5)13-20/h7-8,10H,6,9,11-13H2,1-5H3,(H,18,19). The second kappa shape index (κ2) is 6.32. The molecule has 0 atom stereocenters. The third kappa shape index (κ3) is 4.68. The Hall–Kier alpha value is -1.13. The molecule has 1 aromatic rings. The van der Waals surface area contributed by atoms with E-state index in [1.54, 1.807) is 0 Å². The quantitative estimate of drug-likeness (QED) is 0.903. The monoisotopic (exact) mass is 291 g/mol. The molecule has 1 aromatic heterocycles. The van der Waals surface area contributed by atoms with Gasteiger partial charge in [-0.3, -0.25) is 4.90 Å². The van der Waals surface area contributed by atoms with E-state index in [-0.39, 0.29) is 11.2 Å². The van der Waals surface area contributed by atoms with Gasteiger partial charge in [0.2, 0.25) is 0 Å². The highest BCUT2D eigenvalue weighted by Gasteiger charge is 2.38. The lowest BCUT2D eigenvalue weighted by atomic mass is 9.98. The fourth-order valence-electron chi connectivity index (χ4n) is 3.27. The lowest BCUT2D eigenvalue weighted by molar-refractivity contribution is -0.182. The molecule has 1 aliphatic rings. The van der Waals surface area contributed by atoms with Gasteiger partial charge in [0.1, 0.15) is 5.82 Å². The summed E-state index contributed by atoms with van der Waals surface area (Å²) in [6.45, 7) is 14.6. The van der Waals surface area contributed by atoms with Gasteiger partial charge in [-0.25, -0.2) is 4.98 Å². The topological polar surface area (TPSA) is 37.4 Å². The first-order valence-corrected chi connectivity index (χ1v) is 7.92. The van der Waals surface area contributed by atoms with Gasteiger partial charge in [-0.05, 0) is 40.2 Å². The molecular formula is C17H29N3O. The van der Waals surface area contributed by atoms with Crippen LogP contribution in [0.5, 0.6) is 0 Å². The molecule has 0 aromatic carbocycles. The van der Waals surface area contributed by atoms with Gasteiger partial charge in [0.15, 0.2) is 0 Å². The second-order valence-corrected chi connectivity index (χ2v) is 7.20. The fraction of sp³-hybridized carbons (Fsp3) is 0.706. The molecule has 0 saturated carbocycles. The van der Waals surface area contributed by atoms with Gasteiger partial charge in [-0.15, -0.1) is 0 Å². The van der Waals surface area contributed by atoms with Crippen LogP contribution in [0.3, 0.4) is 0 Å². The lowest BCUT2D eigenvalue weighted by Crippen LogP contribution is -2.56.